The summed E-state index contributed by atoms with van der Waals surface area (Å²) in [5, 5.41) is 2.93. The van der Waals surface area contributed by atoms with Crippen LogP contribution in [0.5, 0.6) is 5.75 Å². The quantitative estimate of drug-likeness (QED) is 0.560. The van der Waals surface area contributed by atoms with E-state index < -0.39 is 6.04 Å². The number of halogens is 1. The standard InChI is InChI=1S/C24H31FN2O3/c1-4-6-15-26-24(29)22(5-2)27(16-19-9-7-18(3)8-10-19)23(28)17-30-21-13-11-20(25)12-14-21/h7-14,22H,4-6,15-17H2,1-3H3,(H,26,29)/t22-/m0/s1. The first-order valence-electron chi connectivity index (χ1n) is 10.5. The lowest BCUT2D eigenvalue weighted by Gasteiger charge is -2.30. The molecule has 0 aliphatic carbocycles. The highest BCUT2D eigenvalue weighted by Crippen LogP contribution is 2.15. The SMILES string of the molecule is CCCCNC(=O)[C@H](CC)N(Cc1ccc(C)cc1)C(=O)COc1ccc(F)cc1. The fourth-order valence-corrected chi connectivity index (χ4v) is 3.07. The van der Waals surface area contributed by atoms with Crippen LogP contribution in [0.4, 0.5) is 4.39 Å². The number of ether oxygens (including phenoxy) is 1. The summed E-state index contributed by atoms with van der Waals surface area (Å²) >= 11 is 0. The molecule has 0 saturated carbocycles. The Labute approximate surface area is 178 Å². The van der Waals surface area contributed by atoms with Gasteiger partial charge in [-0.1, -0.05) is 50.1 Å². The van der Waals surface area contributed by atoms with Crippen LogP contribution in [-0.2, 0) is 16.1 Å². The predicted molar refractivity (Wildman–Crippen MR) is 116 cm³/mol. The molecular weight excluding hydrogens is 383 g/mol. The number of nitrogens with zero attached hydrogens (tertiary/aromatic N) is 1. The number of rotatable bonds is 11. The summed E-state index contributed by atoms with van der Waals surface area (Å²) in [5.41, 5.74) is 2.07. The summed E-state index contributed by atoms with van der Waals surface area (Å²) < 4.78 is 18.6. The van der Waals surface area contributed by atoms with Crippen LogP contribution in [0.15, 0.2) is 48.5 Å². The molecule has 0 aromatic heterocycles. The van der Waals surface area contributed by atoms with Crippen molar-refractivity contribution in [2.24, 2.45) is 0 Å². The molecule has 0 aliphatic heterocycles. The number of benzene rings is 2. The summed E-state index contributed by atoms with van der Waals surface area (Å²) in [6, 6.07) is 12.8. The van der Waals surface area contributed by atoms with E-state index in [1.165, 1.54) is 24.3 Å². The Morgan fingerprint density at radius 1 is 1.07 bits per heavy atom. The Kier molecular flexibility index (Phi) is 9.32. The number of carbonyl (C=O) groups is 2. The molecule has 0 saturated heterocycles. The Bertz CT molecular complexity index is 806. The van der Waals surface area contributed by atoms with Gasteiger partial charge in [0.05, 0.1) is 0 Å². The third-order valence-corrected chi connectivity index (χ3v) is 4.86. The van der Waals surface area contributed by atoms with Crippen molar-refractivity contribution < 1.29 is 18.7 Å². The van der Waals surface area contributed by atoms with Gasteiger partial charge >= 0.3 is 0 Å². The van der Waals surface area contributed by atoms with Gasteiger partial charge in [0.2, 0.25) is 5.91 Å². The van der Waals surface area contributed by atoms with Crippen molar-refractivity contribution in [1.82, 2.24) is 10.2 Å². The highest BCUT2D eigenvalue weighted by molar-refractivity contribution is 5.88. The average molecular weight is 415 g/mol. The first kappa shape index (κ1) is 23.4. The molecule has 0 bridgehead atoms. The highest BCUT2D eigenvalue weighted by Gasteiger charge is 2.28. The molecule has 1 N–H and O–H groups in total. The highest BCUT2D eigenvalue weighted by atomic mass is 19.1. The molecule has 5 nitrogen and oxygen atoms in total. The van der Waals surface area contributed by atoms with E-state index in [-0.39, 0.29) is 24.2 Å². The molecule has 2 aromatic carbocycles. The summed E-state index contributed by atoms with van der Waals surface area (Å²) in [6.07, 6.45) is 2.36. The topological polar surface area (TPSA) is 58.6 Å². The maximum atomic E-state index is 13.1. The van der Waals surface area contributed by atoms with Gasteiger partial charge in [-0.25, -0.2) is 4.39 Å². The third kappa shape index (κ3) is 7.17. The molecule has 162 valence electrons. The van der Waals surface area contributed by atoms with Crippen LogP contribution in [0.25, 0.3) is 0 Å². The molecule has 2 amide bonds. The number of hydrogen-bond donors (Lipinski definition) is 1. The van der Waals surface area contributed by atoms with E-state index in [1.807, 2.05) is 38.1 Å². The minimum absolute atomic E-state index is 0.159. The molecule has 0 aliphatic rings. The fraction of sp³-hybridized carbons (Fsp3) is 0.417. The largest absolute Gasteiger partial charge is 0.484 e. The molecular formula is C24H31FN2O3. The zero-order valence-corrected chi connectivity index (χ0v) is 18.0. The summed E-state index contributed by atoms with van der Waals surface area (Å²) in [5.74, 6) is -0.421. The second-order valence-corrected chi connectivity index (χ2v) is 7.32. The van der Waals surface area contributed by atoms with E-state index in [0.29, 0.717) is 25.3 Å². The molecule has 2 rings (SSSR count). The van der Waals surface area contributed by atoms with Crippen molar-refractivity contribution in [1.29, 1.82) is 0 Å². The summed E-state index contributed by atoms with van der Waals surface area (Å²) in [6.45, 7) is 6.62. The Morgan fingerprint density at radius 2 is 1.73 bits per heavy atom. The van der Waals surface area contributed by atoms with E-state index in [4.69, 9.17) is 4.74 Å². The number of amides is 2. The van der Waals surface area contributed by atoms with Gasteiger partial charge in [0, 0.05) is 13.1 Å². The zero-order chi connectivity index (χ0) is 21.9. The van der Waals surface area contributed by atoms with Crippen molar-refractivity contribution in [3.05, 3.63) is 65.5 Å². The maximum absolute atomic E-state index is 13.1. The summed E-state index contributed by atoms with van der Waals surface area (Å²) in [4.78, 5) is 27.4. The molecule has 2 aromatic rings. The third-order valence-electron chi connectivity index (χ3n) is 4.86. The fourth-order valence-electron chi connectivity index (χ4n) is 3.07. The van der Waals surface area contributed by atoms with Crippen LogP contribution in [0.3, 0.4) is 0 Å². The van der Waals surface area contributed by atoms with Crippen LogP contribution in [0.2, 0.25) is 0 Å². The molecule has 0 fully saturated rings. The van der Waals surface area contributed by atoms with Crippen molar-refractivity contribution in [3.63, 3.8) is 0 Å². The van der Waals surface area contributed by atoms with Crippen molar-refractivity contribution in [3.8, 4) is 5.75 Å². The molecule has 0 spiro atoms. The first-order valence-corrected chi connectivity index (χ1v) is 10.5. The van der Waals surface area contributed by atoms with Crippen molar-refractivity contribution in [2.75, 3.05) is 13.2 Å². The van der Waals surface area contributed by atoms with Gasteiger partial charge in [-0.05, 0) is 49.6 Å². The lowest BCUT2D eigenvalue weighted by molar-refractivity contribution is -0.143. The lowest BCUT2D eigenvalue weighted by atomic mass is 10.1. The Morgan fingerprint density at radius 3 is 2.33 bits per heavy atom. The van der Waals surface area contributed by atoms with E-state index in [1.54, 1.807) is 4.90 Å². The van der Waals surface area contributed by atoms with Gasteiger partial charge in [0.15, 0.2) is 6.61 Å². The molecule has 0 unspecified atom stereocenters. The zero-order valence-electron chi connectivity index (χ0n) is 18.0. The molecule has 0 heterocycles. The minimum Gasteiger partial charge on any atom is -0.484 e. The van der Waals surface area contributed by atoms with Gasteiger partial charge in [-0.3, -0.25) is 9.59 Å². The van der Waals surface area contributed by atoms with Gasteiger partial charge in [0.1, 0.15) is 17.6 Å². The molecule has 1 atom stereocenters. The van der Waals surface area contributed by atoms with Crippen LogP contribution in [0, 0.1) is 12.7 Å². The first-order chi connectivity index (χ1) is 14.4. The second kappa shape index (κ2) is 12.0. The van der Waals surface area contributed by atoms with Gasteiger partial charge in [0.25, 0.3) is 5.91 Å². The average Bonchev–Trinajstić information content (AvgIpc) is 2.74. The maximum Gasteiger partial charge on any atom is 0.261 e. The van der Waals surface area contributed by atoms with E-state index in [9.17, 15) is 14.0 Å². The van der Waals surface area contributed by atoms with Crippen molar-refractivity contribution >= 4 is 11.8 Å². The van der Waals surface area contributed by atoms with Gasteiger partial charge in [-0.15, -0.1) is 0 Å². The smallest absolute Gasteiger partial charge is 0.261 e. The molecule has 30 heavy (non-hydrogen) atoms. The second-order valence-electron chi connectivity index (χ2n) is 7.32. The van der Waals surface area contributed by atoms with E-state index in [0.717, 1.165) is 24.0 Å². The number of nitrogens with one attached hydrogen (secondary N) is 1. The van der Waals surface area contributed by atoms with Crippen LogP contribution >= 0.6 is 0 Å². The van der Waals surface area contributed by atoms with Gasteiger partial charge < -0.3 is 15.0 Å². The van der Waals surface area contributed by atoms with Crippen molar-refractivity contribution in [2.45, 2.75) is 52.6 Å². The molecule has 0 radical (unpaired) electrons. The van der Waals surface area contributed by atoms with Gasteiger partial charge in [-0.2, -0.15) is 0 Å². The van der Waals surface area contributed by atoms with E-state index >= 15 is 0 Å². The van der Waals surface area contributed by atoms with Crippen LogP contribution in [-0.4, -0.2) is 35.9 Å². The lowest BCUT2D eigenvalue weighted by Crippen LogP contribution is -2.50. The Hall–Kier alpha value is -2.89. The Balaban J connectivity index is 2.15. The monoisotopic (exact) mass is 414 g/mol. The minimum atomic E-state index is -0.590. The summed E-state index contributed by atoms with van der Waals surface area (Å²) in [7, 11) is 0. The normalized spacial score (nSPS) is 11.6. The predicted octanol–water partition coefficient (Wildman–Crippen LogP) is 4.24. The molecule has 6 heteroatoms. The van der Waals surface area contributed by atoms with E-state index in [2.05, 4.69) is 12.2 Å². The number of carbonyl (C=O) groups excluding carboxylic acids is 2. The number of unbranched alkanes of at least 4 members (excludes halogenated alkanes) is 1. The number of hydrogen-bond acceptors (Lipinski definition) is 3. The number of aryl methyl sites for hydroxylation is 1. The van der Waals surface area contributed by atoms with Crippen LogP contribution < -0.4 is 10.1 Å². The van der Waals surface area contributed by atoms with Crippen LogP contribution in [0.1, 0.15) is 44.2 Å².